The minimum Gasteiger partial charge on any atom is -0.362 e. The van der Waals surface area contributed by atoms with Gasteiger partial charge in [-0.15, -0.1) is 11.3 Å². The van der Waals surface area contributed by atoms with Gasteiger partial charge in [-0.1, -0.05) is 12.1 Å². The Morgan fingerprint density at radius 2 is 1.96 bits per heavy atom. The van der Waals surface area contributed by atoms with E-state index < -0.39 is 0 Å². The Balaban J connectivity index is 1.57. The maximum atomic E-state index is 4.37. The summed E-state index contributed by atoms with van der Waals surface area (Å²) in [6.45, 7) is 2.12. The second-order valence-corrected chi connectivity index (χ2v) is 6.07. The molecule has 0 saturated heterocycles. The molecule has 1 unspecified atom stereocenters. The van der Waals surface area contributed by atoms with E-state index in [2.05, 4.69) is 44.4 Å². The van der Waals surface area contributed by atoms with Crippen molar-refractivity contribution in [3.63, 3.8) is 0 Å². The molecule has 0 aliphatic heterocycles. The number of benzene rings is 1. The topological polar surface area (TPSA) is 68.5 Å². The van der Waals surface area contributed by atoms with E-state index in [1.165, 1.54) is 11.9 Å². The molecule has 4 rings (SSSR count). The average molecular weight is 322 g/mol. The predicted molar refractivity (Wildman–Crippen MR) is 90.8 cm³/mol. The predicted octanol–water partition coefficient (Wildman–Crippen LogP) is 3.45. The molecule has 1 N–H and O–H groups in total. The Hall–Kier alpha value is -2.80. The molecule has 0 saturated carbocycles. The third kappa shape index (κ3) is 2.66. The van der Waals surface area contributed by atoms with Crippen LogP contribution in [0.2, 0.25) is 0 Å². The Labute approximate surface area is 136 Å². The fraction of sp³-hybridized carbons (Fsp3) is 0.125. The van der Waals surface area contributed by atoms with Crippen LogP contribution in [0.5, 0.6) is 0 Å². The van der Waals surface area contributed by atoms with Gasteiger partial charge in [0.15, 0.2) is 0 Å². The number of nitrogens with zero attached hydrogens (tertiary/aromatic N) is 5. The number of anilines is 1. The molecule has 4 aromatic rings. The molecule has 6 nitrogen and oxygen atoms in total. The zero-order valence-corrected chi connectivity index (χ0v) is 13.2. The van der Waals surface area contributed by atoms with Gasteiger partial charge in [0.1, 0.15) is 24.8 Å². The molecular formula is C16H14N6S. The lowest BCUT2D eigenvalue weighted by molar-refractivity contribution is 0.859. The smallest absolute Gasteiger partial charge is 0.147 e. The fourth-order valence-corrected chi connectivity index (χ4v) is 3.24. The largest absolute Gasteiger partial charge is 0.362 e. The third-order valence-corrected chi connectivity index (χ3v) is 4.58. The van der Waals surface area contributed by atoms with Gasteiger partial charge < -0.3 is 5.32 Å². The van der Waals surface area contributed by atoms with Crippen LogP contribution in [-0.4, -0.2) is 24.7 Å². The standard InChI is InChI=1S/C16H14N6S/c1-11(21-16-15-14(6-7-23-15)18-9-19-16)12-2-4-13(5-3-12)22-10-17-8-20-22/h2-11H,1H3,(H,18,19,21). The van der Waals surface area contributed by atoms with Gasteiger partial charge in [-0.2, -0.15) is 5.10 Å². The Morgan fingerprint density at radius 3 is 2.74 bits per heavy atom. The summed E-state index contributed by atoms with van der Waals surface area (Å²) in [7, 11) is 0. The van der Waals surface area contributed by atoms with Crippen LogP contribution in [-0.2, 0) is 0 Å². The normalized spacial score (nSPS) is 12.4. The molecule has 0 fully saturated rings. The maximum Gasteiger partial charge on any atom is 0.147 e. The molecule has 3 aromatic heterocycles. The molecule has 23 heavy (non-hydrogen) atoms. The highest BCUT2D eigenvalue weighted by molar-refractivity contribution is 7.17. The van der Waals surface area contributed by atoms with Gasteiger partial charge in [0.05, 0.1) is 15.9 Å². The highest BCUT2D eigenvalue weighted by Gasteiger charge is 2.10. The molecular weight excluding hydrogens is 308 g/mol. The number of hydrogen-bond acceptors (Lipinski definition) is 6. The molecule has 1 atom stereocenters. The third-order valence-electron chi connectivity index (χ3n) is 3.67. The van der Waals surface area contributed by atoms with Gasteiger partial charge in [-0.3, -0.25) is 0 Å². The monoisotopic (exact) mass is 322 g/mol. The summed E-state index contributed by atoms with van der Waals surface area (Å²) < 4.78 is 2.82. The van der Waals surface area contributed by atoms with Crippen molar-refractivity contribution in [1.82, 2.24) is 24.7 Å². The lowest BCUT2D eigenvalue weighted by atomic mass is 10.1. The molecule has 0 bridgehead atoms. The van der Waals surface area contributed by atoms with E-state index >= 15 is 0 Å². The van der Waals surface area contributed by atoms with Crippen LogP contribution >= 0.6 is 11.3 Å². The van der Waals surface area contributed by atoms with Crippen LogP contribution in [0.4, 0.5) is 5.82 Å². The van der Waals surface area contributed by atoms with Crippen LogP contribution < -0.4 is 5.32 Å². The highest BCUT2D eigenvalue weighted by Crippen LogP contribution is 2.28. The van der Waals surface area contributed by atoms with E-state index in [-0.39, 0.29) is 6.04 Å². The van der Waals surface area contributed by atoms with E-state index in [1.807, 2.05) is 23.6 Å². The van der Waals surface area contributed by atoms with Gasteiger partial charge in [-0.05, 0) is 36.1 Å². The number of fused-ring (bicyclic) bond motifs is 1. The quantitative estimate of drug-likeness (QED) is 0.623. The number of thiophene rings is 1. The van der Waals surface area contributed by atoms with Gasteiger partial charge >= 0.3 is 0 Å². The van der Waals surface area contributed by atoms with Crippen molar-refractivity contribution >= 4 is 27.4 Å². The lowest BCUT2D eigenvalue weighted by Gasteiger charge is -2.15. The van der Waals surface area contributed by atoms with Crippen molar-refractivity contribution in [3.8, 4) is 5.69 Å². The highest BCUT2D eigenvalue weighted by atomic mass is 32.1. The van der Waals surface area contributed by atoms with Crippen molar-refractivity contribution in [2.45, 2.75) is 13.0 Å². The van der Waals surface area contributed by atoms with Crippen LogP contribution in [0, 0.1) is 0 Å². The summed E-state index contributed by atoms with van der Waals surface area (Å²) in [6.07, 6.45) is 4.81. The van der Waals surface area contributed by atoms with E-state index in [9.17, 15) is 0 Å². The van der Waals surface area contributed by atoms with Crippen LogP contribution in [0.25, 0.3) is 15.9 Å². The fourth-order valence-electron chi connectivity index (χ4n) is 2.44. The second-order valence-electron chi connectivity index (χ2n) is 5.15. The van der Waals surface area contributed by atoms with E-state index in [4.69, 9.17) is 0 Å². The van der Waals surface area contributed by atoms with E-state index in [0.717, 1.165) is 21.7 Å². The molecule has 3 heterocycles. The first kappa shape index (κ1) is 13.8. The molecule has 0 aliphatic rings. The van der Waals surface area contributed by atoms with Crippen molar-refractivity contribution in [2.24, 2.45) is 0 Å². The van der Waals surface area contributed by atoms with Crippen molar-refractivity contribution in [2.75, 3.05) is 5.32 Å². The first-order valence-corrected chi connectivity index (χ1v) is 8.09. The van der Waals surface area contributed by atoms with Crippen molar-refractivity contribution < 1.29 is 0 Å². The minimum absolute atomic E-state index is 0.139. The summed E-state index contributed by atoms with van der Waals surface area (Å²) >= 11 is 1.65. The second kappa shape index (κ2) is 5.77. The Bertz CT molecular complexity index is 913. The van der Waals surface area contributed by atoms with E-state index in [1.54, 1.807) is 28.7 Å². The van der Waals surface area contributed by atoms with E-state index in [0.29, 0.717) is 0 Å². The van der Waals surface area contributed by atoms with Crippen LogP contribution in [0.3, 0.4) is 0 Å². The summed E-state index contributed by atoms with van der Waals surface area (Å²) in [4.78, 5) is 12.6. The molecule has 7 heteroatoms. The molecule has 0 spiro atoms. The molecule has 0 radical (unpaired) electrons. The first-order valence-electron chi connectivity index (χ1n) is 7.21. The van der Waals surface area contributed by atoms with Gasteiger partial charge in [0.25, 0.3) is 0 Å². The number of hydrogen-bond donors (Lipinski definition) is 1. The molecule has 1 aromatic carbocycles. The lowest BCUT2D eigenvalue weighted by Crippen LogP contribution is -2.08. The van der Waals surface area contributed by atoms with Gasteiger partial charge in [0.2, 0.25) is 0 Å². The number of nitrogens with one attached hydrogen (secondary N) is 1. The van der Waals surface area contributed by atoms with Crippen LogP contribution in [0.15, 0.2) is 54.7 Å². The molecule has 114 valence electrons. The molecule has 0 aliphatic carbocycles. The summed E-state index contributed by atoms with van der Waals surface area (Å²) in [5.41, 5.74) is 3.14. The first-order chi connectivity index (χ1) is 11.3. The summed E-state index contributed by atoms with van der Waals surface area (Å²) in [6, 6.07) is 10.4. The summed E-state index contributed by atoms with van der Waals surface area (Å²) in [5, 5.41) is 9.63. The SMILES string of the molecule is CC(Nc1ncnc2ccsc12)c1ccc(-n2cncn2)cc1. The van der Waals surface area contributed by atoms with Crippen molar-refractivity contribution in [3.05, 3.63) is 60.3 Å². The molecule has 0 amide bonds. The number of aromatic nitrogens is 5. The van der Waals surface area contributed by atoms with Gasteiger partial charge in [0, 0.05) is 6.04 Å². The maximum absolute atomic E-state index is 4.37. The average Bonchev–Trinajstić information content (AvgIpc) is 3.27. The minimum atomic E-state index is 0.139. The number of rotatable bonds is 4. The Morgan fingerprint density at radius 1 is 1.09 bits per heavy atom. The zero-order chi connectivity index (χ0) is 15.6. The van der Waals surface area contributed by atoms with Gasteiger partial charge in [-0.25, -0.2) is 19.6 Å². The Kier molecular flexibility index (Phi) is 3.47. The van der Waals surface area contributed by atoms with Crippen LogP contribution in [0.1, 0.15) is 18.5 Å². The summed E-state index contributed by atoms with van der Waals surface area (Å²) in [5.74, 6) is 0.873. The van der Waals surface area contributed by atoms with Crippen molar-refractivity contribution in [1.29, 1.82) is 0 Å². The zero-order valence-electron chi connectivity index (χ0n) is 12.4.